The number of hydrogen-bond donors (Lipinski definition) is 1. The summed E-state index contributed by atoms with van der Waals surface area (Å²) in [6.07, 6.45) is 1.63. The molecule has 0 aliphatic heterocycles. The Hall–Kier alpha value is -0.630. The average Bonchev–Trinajstić information content (AvgIpc) is 2.39. The van der Waals surface area contributed by atoms with Crippen LogP contribution in [0.1, 0.15) is 28.8 Å². The first-order valence-corrected chi connectivity index (χ1v) is 9.39. The number of hydrogen-bond acceptors (Lipinski definition) is 4. The van der Waals surface area contributed by atoms with E-state index >= 15 is 0 Å². The monoisotopic (exact) mass is 397 g/mol. The zero-order valence-electron chi connectivity index (χ0n) is 11.8. The van der Waals surface area contributed by atoms with Gasteiger partial charge in [-0.3, -0.25) is 4.79 Å². The van der Waals surface area contributed by atoms with E-state index in [1.807, 2.05) is 0 Å². The first-order valence-electron chi connectivity index (χ1n) is 6.29. The van der Waals surface area contributed by atoms with Crippen LogP contribution >= 0.6 is 26.6 Å². The van der Waals surface area contributed by atoms with Crippen LogP contribution in [-0.4, -0.2) is 34.6 Å². The number of rotatable bonds is 7. The molecule has 0 saturated heterocycles. The molecule has 0 aliphatic carbocycles. The summed E-state index contributed by atoms with van der Waals surface area (Å²) in [6, 6.07) is 2.86. The van der Waals surface area contributed by atoms with Crippen LogP contribution in [0.2, 0.25) is 0 Å². The topological polar surface area (TPSA) is 72.5 Å². The number of amides is 1. The lowest BCUT2D eigenvalue weighted by molar-refractivity contribution is 0.0951. The van der Waals surface area contributed by atoms with E-state index in [1.54, 1.807) is 20.1 Å². The number of carbonyl (C=O) groups is 1. The summed E-state index contributed by atoms with van der Waals surface area (Å²) in [5.41, 5.74) is 0.722. The molecule has 0 radical (unpaired) electrons. The van der Waals surface area contributed by atoms with Crippen molar-refractivity contribution >= 4 is 41.6 Å². The first-order chi connectivity index (χ1) is 9.77. The van der Waals surface area contributed by atoms with E-state index in [4.69, 9.17) is 15.4 Å². The fraction of sp³-hybridized carbons (Fsp3) is 0.462. The van der Waals surface area contributed by atoms with Crippen molar-refractivity contribution in [2.75, 3.05) is 20.3 Å². The van der Waals surface area contributed by atoms with Crippen LogP contribution in [-0.2, 0) is 13.8 Å². The number of carbonyl (C=O) groups excluding carboxylic acids is 1. The molecule has 0 aromatic heterocycles. The van der Waals surface area contributed by atoms with E-state index in [-0.39, 0.29) is 16.4 Å². The van der Waals surface area contributed by atoms with Gasteiger partial charge in [0.15, 0.2) is 0 Å². The van der Waals surface area contributed by atoms with E-state index in [0.29, 0.717) is 23.2 Å². The first kappa shape index (κ1) is 18.4. The van der Waals surface area contributed by atoms with Crippen molar-refractivity contribution in [3.05, 3.63) is 27.7 Å². The van der Waals surface area contributed by atoms with Gasteiger partial charge in [-0.1, -0.05) is 15.9 Å². The number of methoxy groups -OCH3 is 1. The third-order valence-electron chi connectivity index (χ3n) is 2.88. The molecule has 0 aliphatic rings. The Morgan fingerprint density at radius 1 is 1.38 bits per heavy atom. The van der Waals surface area contributed by atoms with Crippen LogP contribution in [0.3, 0.4) is 0 Å². The summed E-state index contributed by atoms with van der Waals surface area (Å²) in [4.78, 5) is 12.0. The summed E-state index contributed by atoms with van der Waals surface area (Å²) < 4.78 is 28.5. The Kier molecular flexibility index (Phi) is 7.12. The van der Waals surface area contributed by atoms with Gasteiger partial charge in [0, 0.05) is 41.0 Å². The van der Waals surface area contributed by atoms with E-state index in [9.17, 15) is 13.2 Å². The number of halogens is 2. The molecule has 1 rings (SSSR count). The van der Waals surface area contributed by atoms with Gasteiger partial charge in [0.1, 0.15) is 0 Å². The summed E-state index contributed by atoms with van der Waals surface area (Å²) in [5, 5.41) is 2.73. The fourth-order valence-electron chi connectivity index (χ4n) is 1.71. The highest BCUT2D eigenvalue weighted by molar-refractivity contribution is 9.10. The quantitative estimate of drug-likeness (QED) is 0.566. The third-order valence-corrected chi connectivity index (χ3v) is 5.15. The summed E-state index contributed by atoms with van der Waals surface area (Å²) in [7, 11) is 3.10. The Balaban J connectivity index is 2.84. The Morgan fingerprint density at radius 3 is 2.62 bits per heavy atom. The average molecular weight is 399 g/mol. The highest BCUT2D eigenvalue weighted by atomic mass is 79.9. The molecule has 0 bridgehead atoms. The van der Waals surface area contributed by atoms with E-state index < -0.39 is 9.05 Å². The molecule has 1 aromatic rings. The molecule has 21 heavy (non-hydrogen) atoms. The molecule has 0 saturated carbocycles. The number of unbranched alkanes of at least 4 members (excludes halogenated alkanes) is 1. The van der Waals surface area contributed by atoms with Crippen molar-refractivity contribution in [1.29, 1.82) is 0 Å². The van der Waals surface area contributed by atoms with Gasteiger partial charge in [-0.15, -0.1) is 0 Å². The second-order valence-corrected chi connectivity index (χ2v) is 7.86. The van der Waals surface area contributed by atoms with Crippen LogP contribution in [0.5, 0.6) is 0 Å². The van der Waals surface area contributed by atoms with Gasteiger partial charge in [0.2, 0.25) is 0 Å². The largest absolute Gasteiger partial charge is 0.385 e. The molecule has 118 valence electrons. The Labute approximate surface area is 137 Å². The van der Waals surface area contributed by atoms with Gasteiger partial charge in [0.05, 0.1) is 4.90 Å². The summed E-state index contributed by atoms with van der Waals surface area (Å²) in [5.74, 6) is -0.338. The van der Waals surface area contributed by atoms with Crippen molar-refractivity contribution < 1.29 is 17.9 Å². The van der Waals surface area contributed by atoms with Crippen LogP contribution in [0.15, 0.2) is 21.5 Å². The third kappa shape index (κ3) is 5.58. The lowest BCUT2D eigenvalue weighted by Crippen LogP contribution is -2.25. The van der Waals surface area contributed by atoms with Crippen LogP contribution in [0, 0.1) is 6.92 Å². The van der Waals surface area contributed by atoms with Gasteiger partial charge in [0.25, 0.3) is 15.0 Å². The maximum absolute atomic E-state index is 12.0. The van der Waals surface area contributed by atoms with Crippen LogP contribution < -0.4 is 5.32 Å². The minimum absolute atomic E-state index is 0.0666. The zero-order valence-corrected chi connectivity index (χ0v) is 14.9. The SMILES string of the molecule is COCCCCNC(=O)c1cc(Br)c(C)c(S(=O)(=O)Cl)c1. The molecule has 0 spiro atoms. The number of benzene rings is 1. The molecular formula is C13H17BrClNO4S. The summed E-state index contributed by atoms with van der Waals surface area (Å²) >= 11 is 3.24. The summed E-state index contributed by atoms with van der Waals surface area (Å²) in [6.45, 7) is 2.75. The minimum Gasteiger partial charge on any atom is -0.385 e. The van der Waals surface area contributed by atoms with Gasteiger partial charge in [-0.2, -0.15) is 0 Å². The molecule has 1 amide bonds. The van der Waals surface area contributed by atoms with Gasteiger partial charge < -0.3 is 10.1 Å². The van der Waals surface area contributed by atoms with E-state index in [0.717, 1.165) is 12.8 Å². The molecule has 0 heterocycles. The van der Waals surface area contributed by atoms with E-state index in [1.165, 1.54) is 6.07 Å². The molecule has 1 aromatic carbocycles. The molecule has 5 nitrogen and oxygen atoms in total. The predicted octanol–water partition coefficient (Wildman–Crippen LogP) is 2.84. The molecule has 0 unspecified atom stereocenters. The smallest absolute Gasteiger partial charge is 0.261 e. The zero-order chi connectivity index (χ0) is 16.0. The molecule has 8 heteroatoms. The van der Waals surface area contributed by atoms with Gasteiger partial charge in [-0.05, 0) is 37.5 Å². The number of ether oxygens (including phenoxy) is 1. The normalized spacial score (nSPS) is 11.4. The highest BCUT2D eigenvalue weighted by Gasteiger charge is 2.19. The van der Waals surface area contributed by atoms with Crippen molar-refractivity contribution in [2.45, 2.75) is 24.7 Å². The predicted molar refractivity (Wildman–Crippen MR) is 85.4 cm³/mol. The molecule has 1 N–H and O–H groups in total. The standard InChI is InChI=1S/C13H17BrClNO4S/c1-9-11(14)7-10(8-12(9)21(15,18)19)13(17)16-5-3-4-6-20-2/h7-8H,3-6H2,1-2H3,(H,16,17). The lowest BCUT2D eigenvalue weighted by atomic mass is 10.1. The van der Waals surface area contributed by atoms with Gasteiger partial charge in [-0.25, -0.2) is 8.42 Å². The Bertz CT molecular complexity index is 619. The second kappa shape index (κ2) is 8.12. The second-order valence-electron chi connectivity index (χ2n) is 4.47. The van der Waals surface area contributed by atoms with Gasteiger partial charge >= 0.3 is 0 Å². The number of nitrogens with one attached hydrogen (secondary N) is 1. The lowest BCUT2D eigenvalue weighted by Gasteiger charge is -2.09. The van der Waals surface area contributed by atoms with Crippen molar-refractivity contribution in [3.63, 3.8) is 0 Å². The van der Waals surface area contributed by atoms with E-state index in [2.05, 4.69) is 21.2 Å². The van der Waals surface area contributed by atoms with Crippen LogP contribution in [0.25, 0.3) is 0 Å². The van der Waals surface area contributed by atoms with Crippen molar-refractivity contribution in [1.82, 2.24) is 5.32 Å². The molecule has 0 atom stereocenters. The molecule has 0 fully saturated rings. The van der Waals surface area contributed by atoms with Crippen LogP contribution in [0.4, 0.5) is 0 Å². The fourth-order valence-corrected chi connectivity index (χ4v) is 3.53. The Morgan fingerprint density at radius 2 is 2.05 bits per heavy atom. The molecular weight excluding hydrogens is 382 g/mol. The van der Waals surface area contributed by atoms with Crippen molar-refractivity contribution in [2.24, 2.45) is 0 Å². The van der Waals surface area contributed by atoms with Crippen molar-refractivity contribution in [3.8, 4) is 0 Å². The maximum atomic E-state index is 12.0. The highest BCUT2D eigenvalue weighted by Crippen LogP contribution is 2.28. The minimum atomic E-state index is -3.90. The maximum Gasteiger partial charge on any atom is 0.261 e.